The molecule has 1 amide bonds. The van der Waals surface area contributed by atoms with Crippen LogP contribution in [0.3, 0.4) is 0 Å². The number of sulfonamides is 1. The van der Waals surface area contributed by atoms with Gasteiger partial charge in [-0.1, -0.05) is 24.3 Å². The first-order valence-electron chi connectivity index (χ1n) is 8.76. The van der Waals surface area contributed by atoms with E-state index in [0.717, 1.165) is 12.8 Å². The van der Waals surface area contributed by atoms with Crippen molar-refractivity contribution in [3.8, 4) is 0 Å². The second-order valence-electron chi connectivity index (χ2n) is 7.03. The van der Waals surface area contributed by atoms with Crippen LogP contribution in [0.1, 0.15) is 37.3 Å². The van der Waals surface area contributed by atoms with Crippen LogP contribution in [-0.4, -0.2) is 50.6 Å². The first-order chi connectivity index (χ1) is 11.8. The van der Waals surface area contributed by atoms with Crippen molar-refractivity contribution in [1.29, 1.82) is 0 Å². The molecule has 0 radical (unpaired) electrons. The number of carbonyl (C=O) groups is 1. The largest absolute Gasteiger partial charge is 0.367 e. The molecule has 2 aliphatic heterocycles. The van der Waals surface area contributed by atoms with Gasteiger partial charge in [-0.2, -0.15) is 0 Å². The Balaban J connectivity index is 1.79. The summed E-state index contributed by atoms with van der Waals surface area (Å²) in [5.74, 6) is -0.0348. The molecule has 1 atom stereocenters. The SMILES string of the molecule is CC(=O)NCCC1Cc2ccccc2C2(CCN(S(C)(=O)=O)CC2)O1. The third-order valence-corrected chi connectivity index (χ3v) is 6.49. The number of fused-ring (bicyclic) bond motifs is 2. The van der Waals surface area contributed by atoms with E-state index in [1.165, 1.54) is 28.6 Å². The summed E-state index contributed by atoms with van der Waals surface area (Å²) in [6.45, 7) is 3.06. The average Bonchev–Trinajstić information content (AvgIpc) is 2.54. The van der Waals surface area contributed by atoms with Crippen LogP contribution in [0.15, 0.2) is 24.3 Å². The molecule has 25 heavy (non-hydrogen) atoms. The number of hydrogen-bond donors (Lipinski definition) is 1. The van der Waals surface area contributed by atoms with Crippen molar-refractivity contribution in [2.24, 2.45) is 0 Å². The lowest BCUT2D eigenvalue weighted by atomic mass is 9.78. The van der Waals surface area contributed by atoms with Gasteiger partial charge in [-0.3, -0.25) is 4.79 Å². The Hall–Kier alpha value is -1.44. The van der Waals surface area contributed by atoms with Gasteiger partial charge < -0.3 is 10.1 Å². The van der Waals surface area contributed by atoms with E-state index in [4.69, 9.17) is 4.74 Å². The molecule has 2 aliphatic rings. The highest BCUT2D eigenvalue weighted by atomic mass is 32.2. The Kier molecular flexibility index (Phi) is 5.18. The van der Waals surface area contributed by atoms with Gasteiger partial charge in [-0.15, -0.1) is 0 Å². The zero-order valence-electron chi connectivity index (χ0n) is 14.8. The zero-order valence-corrected chi connectivity index (χ0v) is 15.6. The van der Waals surface area contributed by atoms with Gasteiger partial charge in [0.05, 0.1) is 18.0 Å². The second-order valence-corrected chi connectivity index (χ2v) is 9.01. The lowest BCUT2D eigenvalue weighted by molar-refractivity contribution is -0.135. The van der Waals surface area contributed by atoms with E-state index in [-0.39, 0.29) is 12.0 Å². The second kappa shape index (κ2) is 7.05. The highest BCUT2D eigenvalue weighted by molar-refractivity contribution is 7.88. The van der Waals surface area contributed by atoms with E-state index in [1.807, 2.05) is 12.1 Å². The monoisotopic (exact) mass is 366 g/mol. The summed E-state index contributed by atoms with van der Waals surface area (Å²) in [6.07, 6.45) is 4.20. The van der Waals surface area contributed by atoms with Gasteiger partial charge in [0, 0.05) is 26.6 Å². The maximum atomic E-state index is 11.8. The van der Waals surface area contributed by atoms with Gasteiger partial charge in [0.15, 0.2) is 0 Å². The molecule has 1 N–H and O–H groups in total. The minimum atomic E-state index is -3.17. The summed E-state index contributed by atoms with van der Waals surface area (Å²) >= 11 is 0. The summed E-state index contributed by atoms with van der Waals surface area (Å²) in [6, 6.07) is 8.29. The van der Waals surface area contributed by atoms with Crippen LogP contribution in [0.2, 0.25) is 0 Å². The van der Waals surface area contributed by atoms with Crippen molar-refractivity contribution in [2.45, 2.75) is 44.3 Å². The lowest BCUT2D eigenvalue weighted by Gasteiger charge is -2.47. The Labute approximate surface area is 149 Å². The van der Waals surface area contributed by atoms with E-state index in [1.54, 1.807) is 0 Å². The molecule has 2 heterocycles. The number of piperidine rings is 1. The maximum Gasteiger partial charge on any atom is 0.216 e. The fourth-order valence-corrected chi connectivity index (χ4v) is 4.79. The van der Waals surface area contributed by atoms with E-state index < -0.39 is 15.6 Å². The van der Waals surface area contributed by atoms with Crippen molar-refractivity contribution in [1.82, 2.24) is 9.62 Å². The van der Waals surface area contributed by atoms with Gasteiger partial charge in [0.25, 0.3) is 0 Å². The number of ether oxygens (including phenoxy) is 1. The maximum absolute atomic E-state index is 11.8. The summed E-state index contributed by atoms with van der Waals surface area (Å²) in [5, 5.41) is 2.83. The smallest absolute Gasteiger partial charge is 0.216 e. The molecular weight excluding hydrogens is 340 g/mol. The highest BCUT2D eigenvalue weighted by Gasteiger charge is 2.44. The van der Waals surface area contributed by atoms with Gasteiger partial charge in [-0.05, 0) is 36.8 Å². The fourth-order valence-electron chi connectivity index (χ4n) is 3.95. The number of hydrogen-bond acceptors (Lipinski definition) is 4. The molecule has 0 aromatic heterocycles. The van der Waals surface area contributed by atoms with Crippen LogP contribution >= 0.6 is 0 Å². The molecule has 1 unspecified atom stereocenters. The fraction of sp³-hybridized carbons (Fsp3) is 0.611. The van der Waals surface area contributed by atoms with Crippen LogP contribution in [0, 0.1) is 0 Å². The van der Waals surface area contributed by atoms with Gasteiger partial charge in [-0.25, -0.2) is 12.7 Å². The zero-order chi connectivity index (χ0) is 18.1. The van der Waals surface area contributed by atoms with E-state index in [2.05, 4.69) is 17.4 Å². The summed E-state index contributed by atoms with van der Waals surface area (Å²) in [5.41, 5.74) is 2.05. The third-order valence-electron chi connectivity index (χ3n) is 5.19. The van der Waals surface area contributed by atoms with Crippen molar-refractivity contribution >= 4 is 15.9 Å². The molecule has 0 saturated carbocycles. The Morgan fingerprint density at radius 3 is 2.64 bits per heavy atom. The average molecular weight is 366 g/mol. The predicted octanol–water partition coefficient (Wildman–Crippen LogP) is 1.40. The molecule has 7 heteroatoms. The van der Waals surface area contributed by atoms with Crippen LogP contribution in [-0.2, 0) is 31.6 Å². The van der Waals surface area contributed by atoms with Crippen molar-refractivity contribution in [3.05, 3.63) is 35.4 Å². The number of nitrogens with zero attached hydrogens (tertiary/aromatic N) is 1. The summed E-state index contributed by atoms with van der Waals surface area (Å²) in [4.78, 5) is 11.1. The Bertz CT molecular complexity index is 739. The number of rotatable bonds is 4. The van der Waals surface area contributed by atoms with Crippen LogP contribution in [0.5, 0.6) is 0 Å². The topological polar surface area (TPSA) is 75.7 Å². The van der Waals surface area contributed by atoms with Crippen molar-refractivity contribution in [3.63, 3.8) is 0 Å². The van der Waals surface area contributed by atoms with E-state index in [0.29, 0.717) is 32.5 Å². The first-order valence-corrected chi connectivity index (χ1v) is 10.6. The molecule has 0 aliphatic carbocycles. The molecule has 1 fully saturated rings. The molecule has 1 aromatic rings. The summed E-state index contributed by atoms with van der Waals surface area (Å²) < 4.78 is 31.7. The molecule has 3 rings (SSSR count). The predicted molar refractivity (Wildman–Crippen MR) is 95.6 cm³/mol. The highest BCUT2D eigenvalue weighted by Crippen LogP contribution is 2.44. The van der Waals surface area contributed by atoms with Gasteiger partial charge in [0.2, 0.25) is 15.9 Å². The number of nitrogens with one attached hydrogen (secondary N) is 1. The normalized spacial score (nSPS) is 23.2. The molecule has 0 bridgehead atoms. The molecule has 1 spiro atoms. The number of carbonyl (C=O) groups excluding carboxylic acids is 1. The van der Waals surface area contributed by atoms with Gasteiger partial charge >= 0.3 is 0 Å². The standard InChI is InChI=1S/C18H26N2O4S/c1-14(21)19-10-7-16-13-15-5-3-4-6-17(15)18(24-16)8-11-20(12-9-18)25(2,22)23/h3-6,16H,7-13H2,1-2H3,(H,19,21). The molecule has 1 saturated heterocycles. The Morgan fingerprint density at radius 2 is 2.00 bits per heavy atom. The molecular formula is C18H26N2O4S. The first kappa shape index (κ1) is 18.4. The number of amides is 1. The molecule has 1 aromatic carbocycles. The van der Waals surface area contributed by atoms with Crippen LogP contribution in [0.4, 0.5) is 0 Å². The summed E-state index contributed by atoms with van der Waals surface area (Å²) in [7, 11) is -3.17. The number of benzene rings is 1. The van der Waals surface area contributed by atoms with E-state index in [9.17, 15) is 13.2 Å². The molecule has 6 nitrogen and oxygen atoms in total. The van der Waals surface area contributed by atoms with Crippen LogP contribution < -0.4 is 5.32 Å². The van der Waals surface area contributed by atoms with Crippen molar-refractivity contribution < 1.29 is 17.9 Å². The van der Waals surface area contributed by atoms with Gasteiger partial charge in [0.1, 0.15) is 0 Å². The minimum absolute atomic E-state index is 0.0338. The van der Waals surface area contributed by atoms with Crippen LogP contribution in [0.25, 0.3) is 0 Å². The van der Waals surface area contributed by atoms with E-state index >= 15 is 0 Å². The third kappa shape index (κ3) is 4.04. The molecule has 138 valence electrons. The minimum Gasteiger partial charge on any atom is -0.367 e. The lowest BCUT2D eigenvalue weighted by Crippen LogP contribution is -2.50. The quantitative estimate of drug-likeness (QED) is 0.874. The van der Waals surface area contributed by atoms with Crippen molar-refractivity contribution in [2.75, 3.05) is 25.9 Å². The Morgan fingerprint density at radius 1 is 1.32 bits per heavy atom.